The van der Waals surface area contributed by atoms with Crippen molar-refractivity contribution in [2.75, 3.05) is 0 Å². The van der Waals surface area contributed by atoms with Crippen LogP contribution in [-0.4, -0.2) is 24.9 Å². The number of hydrogen-bond acceptors (Lipinski definition) is 6. The maximum atomic E-state index is 12.2. The van der Waals surface area contributed by atoms with Gasteiger partial charge in [0.25, 0.3) is 5.89 Å². The minimum atomic E-state index is -0.281. The van der Waals surface area contributed by atoms with Gasteiger partial charge in [0.15, 0.2) is 5.69 Å². The first-order chi connectivity index (χ1) is 12.7. The molecule has 7 nitrogen and oxygen atoms in total. The Bertz CT molecular complexity index is 1080. The largest absolute Gasteiger partial charge is 0.332 e. The van der Waals surface area contributed by atoms with Crippen molar-refractivity contribution in [3.63, 3.8) is 0 Å². The molecule has 0 saturated carbocycles. The van der Waals surface area contributed by atoms with Crippen molar-refractivity contribution in [2.24, 2.45) is 0 Å². The van der Waals surface area contributed by atoms with Crippen LogP contribution in [0.1, 0.15) is 12.5 Å². The molecule has 0 spiro atoms. The van der Waals surface area contributed by atoms with E-state index < -0.39 is 0 Å². The molecular formula is C19H15N5O2. The van der Waals surface area contributed by atoms with Crippen molar-refractivity contribution in [2.45, 2.75) is 13.3 Å². The number of benzene rings is 1. The zero-order valence-electron chi connectivity index (χ0n) is 14.0. The Kier molecular flexibility index (Phi) is 4.10. The van der Waals surface area contributed by atoms with Crippen LogP contribution in [0, 0.1) is 0 Å². The van der Waals surface area contributed by atoms with Gasteiger partial charge in [-0.15, -0.1) is 0 Å². The predicted molar refractivity (Wildman–Crippen MR) is 95.7 cm³/mol. The first-order valence-corrected chi connectivity index (χ1v) is 8.18. The molecule has 0 radical (unpaired) electrons. The van der Waals surface area contributed by atoms with E-state index in [4.69, 9.17) is 4.52 Å². The van der Waals surface area contributed by atoms with Crippen molar-refractivity contribution in [3.05, 3.63) is 76.8 Å². The fourth-order valence-electron chi connectivity index (χ4n) is 2.52. The van der Waals surface area contributed by atoms with E-state index in [1.165, 1.54) is 11.6 Å². The Morgan fingerprint density at radius 1 is 1.04 bits per heavy atom. The SMILES string of the molecule is CCc1ccc(-n2ccc(=O)c(-c3nc(-c4ccncc4)no3)n2)cc1. The second-order valence-corrected chi connectivity index (χ2v) is 5.65. The van der Waals surface area contributed by atoms with Gasteiger partial charge in [0, 0.05) is 30.2 Å². The second-order valence-electron chi connectivity index (χ2n) is 5.65. The van der Waals surface area contributed by atoms with Crippen LogP contribution >= 0.6 is 0 Å². The molecule has 0 aliphatic carbocycles. The van der Waals surface area contributed by atoms with Crippen LogP contribution in [-0.2, 0) is 6.42 Å². The summed E-state index contributed by atoms with van der Waals surface area (Å²) in [6.07, 6.45) is 5.86. The van der Waals surface area contributed by atoms with E-state index in [2.05, 4.69) is 27.1 Å². The zero-order valence-corrected chi connectivity index (χ0v) is 14.0. The summed E-state index contributed by atoms with van der Waals surface area (Å²) in [5, 5.41) is 8.30. The Balaban J connectivity index is 1.73. The lowest BCUT2D eigenvalue weighted by molar-refractivity contribution is 0.429. The van der Waals surface area contributed by atoms with Gasteiger partial charge < -0.3 is 4.52 Å². The number of rotatable bonds is 4. The molecule has 0 unspecified atom stereocenters. The van der Waals surface area contributed by atoms with Crippen LogP contribution in [0.4, 0.5) is 0 Å². The van der Waals surface area contributed by atoms with E-state index in [1.807, 2.05) is 24.3 Å². The Morgan fingerprint density at radius 2 is 1.81 bits per heavy atom. The van der Waals surface area contributed by atoms with Gasteiger partial charge in [0.05, 0.1) is 5.69 Å². The molecule has 0 aliphatic heterocycles. The number of nitrogens with zero attached hydrogens (tertiary/aromatic N) is 5. The Morgan fingerprint density at radius 3 is 2.54 bits per heavy atom. The summed E-state index contributed by atoms with van der Waals surface area (Å²) in [7, 11) is 0. The van der Waals surface area contributed by atoms with Crippen LogP contribution in [0.25, 0.3) is 28.7 Å². The summed E-state index contributed by atoms with van der Waals surface area (Å²) < 4.78 is 6.87. The van der Waals surface area contributed by atoms with E-state index >= 15 is 0 Å². The number of aryl methyl sites for hydroxylation is 1. The molecule has 0 amide bonds. The maximum absolute atomic E-state index is 12.2. The van der Waals surface area contributed by atoms with Gasteiger partial charge in [-0.3, -0.25) is 9.78 Å². The molecule has 7 heteroatoms. The number of pyridine rings is 1. The van der Waals surface area contributed by atoms with Gasteiger partial charge in [0.2, 0.25) is 11.3 Å². The normalized spacial score (nSPS) is 10.8. The third-order valence-corrected chi connectivity index (χ3v) is 3.98. The topological polar surface area (TPSA) is 86.7 Å². The molecule has 0 aliphatic rings. The summed E-state index contributed by atoms with van der Waals surface area (Å²) in [4.78, 5) is 20.5. The van der Waals surface area contributed by atoms with E-state index in [9.17, 15) is 4.79 Å². The standard InChI is InChI=1S/C19H15N5O2/c1-2-13-3-5-15(6-4-13)24-12-9-16(25)17(22-24)19-21-18(23-26-19)14-7-10-20-11-8-14/h3-12H,2H2,1H3. The van der Waals surface area contributed by atoms with Crippen LogP contribution in [0.5, 0.6) is 0 Å². The Labute approximate surface area is 149 Å². The summed E-state index contributed by atoms with van der Waals surface area (Å²) in [5.41, 5.74) is 2.66. The molecule has 0 saturated heterocycles. The third kappa shape index (κ3) is 3.02. The number of aromatic nitrogens is 5. The molecule has 0 N–H and O–H groups in total. The monoisotopic (exact) mass is 345 g/mol. The van der Waals surface area contributed by atoms with Crippen molar-refractivity contribution in [1.29, 1.82) is 0 Å². The summed E-state index contributed by atoms with van der Waals surface area (Å²) >= 11 is 0. The third-order valence-electron chi connectivity index (χ3n) is 3.98. The minimum Gasteiger partial charge on any atom is -0.332 e. The summed E-state index contributed by atoms with van der Waals surface area (Å²) in [6.45, 7) is 2.10. The van der Waals surface area contributed by atoms with Crippen molar-refractivity contribution in [3.8, 4) is 28.7 Å². The molecule has 0 atom stereocenters. The van der Waals surface area contributed by atoms with Crippen molar-refractivity contribution < 1.29 is 4.52 Å². The fraction of sp³-hybridized carbons (Fsp3) is 0.105. The van der Waals surface area contributed by atoms with Crippen molar-refractivity contribution >= 4 is 0 Å². The molecular weight excluding hydrogens is 330 g/mol. The molecule has 3 aromatic heterocycles. The molecule has 128 valence electrons. The first kappa shape index (κ1) is 15.9. The van der Waals surface area contributed by atoms with E-state index in [1.54, 1.807) is 35.4 Å². The average Bonchev–Trinajstić information content (AvgIpc) is 3.19. The first-order valence-electron chi connectivity index (χ1n) is 8.18. The van der Waals surface area contributed by atoms with E-state index in [-0.39, 0.29) is 17.0 Å². The highest BCUT2D eigenvalue weighted by molar-refractivity contribution is 5.56. The molecule has 0 fully saturated rings. The van der Waals surface area contributed by atoms with Gasteiger partial charge in [-0.2, -0.15) is 10.1 Å². The lowest BCUT2D eigenvalue weighted by atomic mass is 10.1. The van der Waals surface area contributed by atoms with Crippen LogP contribution < -0.4 is 5.43 Å². The van der Waals surface area contributed by atoms with Crippen LogP contribution in [0.15, 0.2) is 70.4 Å². The summed E-state index contributed by atoms with van der Waals surface area (Å²) in [6, 6.07) is 12.9. The van der Waals surface area contributed by atoms with Gasteiger partial charge in [0.1, 0.15) is 0 Å². The van der Waals surface area contributed by atoms with Crippen molar-refractivity contribution in [1.82, 2.24) is 24.9 Å². The Hall–Kier alpha value is -3.61. The fourth-order valence-corrected chi connectivity index (χ4v) is 2.52. The molecule has 1 aromatic carbocycles. The average molecular weight is 345 g/mol. The number of hydrogen-bond donors (Lipinski definition) is 0. The van der Waals surface area contributed by atoms with Crippen LogP contribution in [0.2, 0.25) is 0 Å². The smallest absolute Gasteiger partial charge is 0.282 e. The van der Waals surface area contributed by atoms with Gasteiger partial charge >= 0.3 is 0 Å². The van der Waals surface area contributed by atoms with Gasteiger partial charge in [-0.1, -0.05) is 24.2 Å². The lowest BCUT2D eigenvalue weighted by Crippen LogP contribution is -2.12. The maximum Gasteiger partial charge on any atom is 0.282 e. The highest BCUT2D eigenvalue weighted by atomic mass is 16.5. The summed E-state index contributed by atoms with van der Waals surface area (Å²) in [5.74, 6) is 0.465. The molecule has 3 heterocycles. The second kappa shape index (κ2) is 6.72. The van der Waals surface area contributed by atoms with E-state index in [0.29, 0.717) is 5.82 Å². The van der Waals surface area contributed by atoms with E-state index in [0.717, 1.165) is 17.7 Å². The minimum absolute atomic E-state index is 0.0846. The van der Waals surface area contributed by atoms with Crippen LogP contribution in [0.3, 0.4) is 0 Å². The molecule has 0 bridgehead atoms. The quantitative estimate of drug-likeness (QED) is 0.565. The highest BCUT2D eigenvalue weighted by Crippen LogP contribution is 2.18. The van der Waals surface area contributed by atoms with Gasteiger partial charge in [-0.05, 0) is 36.2 Å². The molecule has 4 aromatic rings. The highest BCUT2D eigenvalue weighted by Gasteiger charge is 2.16. The lowest BCUT2D eigenvalue weighted by Gasteiger charge is -2.06. The molecule has 26 heavy (non-hydrogen) atoms. The van der Waals surface area contributed by atoms with Gasteiger partial charge in [-0.25, -0.2) is 4.68 Å². The molecule has 4 rings (SSSR count). The zero-order chi connectivity index (χ0) is 17.9. The predicted octanol–water partition coefficient (Wildman–Crippen LogP) is 2.91.